The monoisotopic (exact) mass is 232 g/mol. The van der Waals surface area contributed by atoms with Gasteiger partial charge in [0.05, 0.1) is 5.56 Å². The quantitative estimate of drug-likeness (QED) is 0.553. The molecule has 0 aliphatic heterocycles. The van der Waals surface area contributed by atoms with Crippen molar-refractivity contribution in [2.75, 3.05) is 0 Å². The summed E-state index contributed by atoms with van der Waals surface area (Å²) < 4.78 is 0. The number of rotatable bonds is 1. The maximum Gasteiger partial charge on any atom is 0.156 e. The van der Waals surface area contributed by atoms with Gasteiger partial charge in [0, 0.05) is 5.41 Å². The van der Waals surface area contributed by atoms with Crippen molar-refractivity contribution >= 4 is 29.5 Å². The number of halogens is 2. The van der Waals surface area contributed by atoms with Crippen molar-refractivity contribution in [3.8, 4) is 0 Å². The van der Waals surface area contributed by atoms with E-state index in [0.717, 1.165) is 0 Å². The fraction of sp³-hybridized carbons (Fsp3) is 0.444. The lowest BCUT2D eigenvalue weighted by molar-refractivity contribution is 0.112. The van der Waals surface area contributed by atoms with E-state index in [2.05, 4.69) is 9.97 Å². The highest BCUT2D eigenvalue weighted by Gasteiger charge is 2.20. The summed E-state index contributed by atoms with van der Waals surface area (Å²) in [5.41, 5.74) is -0.101. The molecule has 1 aromatic rings. The number of aromatic nitrogens is 2. The average Bonchev–Trinajstić information content (AvgIpc) is 2.01. The molecule has 0 unspecified atom stereocenters. The van der Waals surface area contributed by atoms with Gasteiger partial charge in [-0.25, -0.2) is 9.97 Å². The van der Waals surface area contributed by atoms with E-state index in [4.69, 9.17) is 23.2 Å². The molecule has 0 N–H and O–H groups in total. The first kappa shape index (κ1) is 11.4. The molecular formula is C9H10Cl2N2O. The maximum atomic E-state index is 10.6. The van der Waals surface area contributed by atoms with E-state index >= 15 is 0 Å². The molecule has 0 aliphatic carbocycles. The van der Waals surface area contributed by atoms with Crippen LogP contribution in [0.15, 0.2) is 0 Å². The topological polar surface area (TPSA) is 42.9 Å². The van der Waals surface area contributed by atoms with Crippen molar-refractivity contribution in [3.63, 3.8) is 0 Å². The largest absolute Gasteiger partial charge is 0.298 e. The van der Waals surface area contributed by atoms with E-state index in [1.165, 1.54) is 0 Å². The van der Waals surface area contributed by atoms with Gasteiger partial charge >= 0.3 is 0 Å². The normalized spacial score (nSPS) is 11.5. The summed E-state index contributed by atoms with van der Waals surface area (Å²) in [6, 6.07) is 0. The minimum atomic E-state index is -0.241. The van der Waals surface area contributed by atoms with Crippen molar-refractivity contribution in [1.29, 1.82) is 0 Å². The molecule has 0 saturated carbocycles. The third-order valence-corrected chi connectivity index (χ3v) is 2.22. The number of carbonyl (C=O) groups excluding carboxylic acids is 1. The molecule has 76 valence electrons. The highest BCUT2D eigenvalue weighted by Crippen LogP contribution is 2.25. The number of aldehydes is 1. The first-order valence-corrected chi connectivity index (χ1v) is 4.80. The van der Waals surface area contributed by atoms with Crippen LogP contribution in [0.3, 0.4) is 0 Å². The molecular weight excluding hydrogens is 223 g/mol. The van der Waals surface area contributed by atoms with Gasteiger partial charge in [-0.05, 0) is 0 Å². The molecule has 0 bridgehead atoms. The third-order valence-electron chi connectivity index (χ3n) is 1.64. The maximum absolute atomic E-state index is 10.6. The zero-order chi connectivity index (χ0) is 10.9. The molecule has 14 heavy (non-hydrogen) atoms. The summed E-state index contributed by atoms with van der Waals surface area (Å²) in [6.45, 7) is 5.82. The van der Waals surface area contributed by atoms with Crippen LogP contribution in [0, 0.1) is 0 Å². The molecule has 0 spiro atoms. The van der Waals surface area contributed by atoms with Crippen molar-refractivity contribution in [1.82, 2.24) is 9.97 Å². The lowest BCUT2D eigenvalue weighted by Crippen LogP contribution is -2.17. The first-order chi connectivity index (χ1) is 6.36. The number of hydrogen-bond donors (Lipinski definition) is 0. The lowest BCUT2D eigenvalue weighted by atomic mass is 9.96. The molecule has 3 nitrogen and oxygen atoms in total. The van der Waals surface area contributed by atoms with Crippen molar-refractivity contribution in [2.24, 2.45) is 0 Å². The molecule has 0 amide bonds. The average molecular weight is 233 g/mol. The molecule has 0 radical (unpaired) electrons. The van der Waals surface area contributed by atoms with Crippen LogP contribution in [0.5, 0.6) is 0 Å². The second kappa shape index (κ2) is 3.83. The van der Waals surface area contributed by atoms with Gasteiger partial charge in [0.2, 0.25) is 0 Å². The van der Waals surface area contributed by atoms with Gasteiger partial charge in [0.1, 0.15) is 16.1 Å². The molecule has 1 heterocycles. The second-order valence-corrected chi connectivity index (χ2v) is 4.63. The minimum Gasteiger partial charge on any atom is -0.298 e. The third kappa shape index (κ3) is 2.22. The van der Waals surface area contributed by atoms with E-state index in [9.17, 15) is 4.79 Å². The molecule has 0 aliphatic rings. The lowest BCUT2D eigenvalue weighted by Gasteiger charge is -2.16. The number of hydrogen-bond acceptors (Lipinski definition) is 3. The Morgan fingerprint density at radius 2 is 1.57 bits per heavy atom. The Labute approximate surface area is 92.5 Å². The Morgan fingerprint density at radius 3 is 1.86 bits per heavy atom. The van der Waals surface area contributed by atoms with E-state index in [-0.39, 0.29) is 21.3 Å². The molecule has 0 saturated heterocycles. The smallest absolute Gasteiger partial charge is 0.156 e. The van der Waals surface area contributed by atoms with E-state index in [1.54, 1.807) is 0 Å². The molecule has 0 fully saturated rings. The Bertz CT molecular complexity index is 349. The summed E-state index contributed by atoms with van der Waals surface area (Å²) >= 11 is 11.5. The fourth-order valence-corrected chi connectivity index (χ4v) is 1.33. The van der Waals surface area contributed by atoms with Gasteiger partial charge in [-0.2, -0.15) is 0 Å². The standard InChI is InChI=1S/C9H10Cl2N2O/c1-9(2,3)8-12-6(10)5(4-14)7(11)13-8/h4H,1-3H3. The zero-order valence-electron chi connectivity index (χ0n) is 8.14. The van der Waals surface area contributed by atoms with Crippen molar-refractivity contribution < 1.29 is 4.79 Å². The van der Waals surface area contributed by atoms with Crippen LogP contribution < -0.4 is 0 Å². The molecule has 1 aromatic heterocycles. The molecule has 0 aromatic carbocycles. The summed E-state index contributed by atoms with van der Waals surface area (Å²) in [6.07, 6.45) is 0.553. The van der Waals surface area contributed by atoms with Crippen molar-refractivity contribution in [2.45, 2.75) is 26.2 Å². The second-order valence-electron chi connectivity index (χ2n) is 3.91. The Balaban J connectivity index is 3.35. The Kier molecular flexibility index (Phi) is 3.12. The van der Waals surface area contributed by atoms with Crippen LogP contribution in [-0.2, 0) is 5.41 Å². The number of nitrogens with zero attached hydrogens (tertiary/aromatic N) is 2. The van der Waals surface area contributed by atoms with Crippen LogP contribution in [0.25, 0.3) is 0 Å². The van der Waals surface area contributed by atoms with Gasteiger partial charge < -0.3 is 0 Å². The van der Waals surface area contributed by atoms with Crippen LogP contribution in [0.1, 0.15) is 37.0 Å². The van der Waals surface area contributed by atoms with Gasteiger partial charge in [0.15, 0.2) is 6.29 Å². The molecule has 0 atom stereocenters. The highest BCUT2D eigenvalue weighted by atomic mass is 35.5. The van der Waals surface area contributed by atoms with Crippen LogP contribution in [0.4, 0.5) is 0 Å². The van der Waals surface area contributed by atoms with Gasteiger partial charge in [0.25, 0.3) is 0 Å². The van der Waals surface area contributed by atoms with Crippen molar-refractivity contribution in [3.05, 3.63) is 21.7 Å². The summed E-state index contributed by atoms with van der Waals surface area (Å²) in [4.78, 5) is 18.6. The minimum absolute atomic E-state index is 0.102. The molecule has 1 rings (SSSR count). The zero-order valence-corrected chi connectivity index (χ0v) is 9.65. The van der Waals surface area contributed by atoms with Crippen LogP contribution in [0.2, 0.25) is 10.3 Å². The van der Waals surface area contributed by atoms with Crippen LogP contribution in [-0.4, -0.2) is 16.3 Å². The Morgan fingerprint density at radius 1 is 1.14 bits per heavy atom. The van der Waals surface area contributed by atoms with E-state index in [1.807, 2.05) is 20.8 Å². The highest BCUT2D eigenvalue weighted by molar-refractivity contribution is 6.36. The van der Waals surface area contributed by atoms with Gasteiger partial charge in [-0.15, -0.1) is 0 Å². The first-order valence-electron chi connectivity index (χ1n) is 4.05. The number of carbonyl (C=O) groups is 1. The summed E-state index contributed by atoms with van der Waals surface area (Å²) in [5, 5.41) is 0.204. The summed E-state index contributed by atoms with van der Waals surface area (Å²) in [5.74, 6) is 0.526. The predicted octanol–water partition coefficient (Wildman–Crippen LogP) is 2.89. The molecule has 5 heteroatoms. The van der Waals surface area contributed by atoms with Gasteiger partial charge in [-0.3, -0.25) is 4.79 Å². The summed E-state index contributed by atoms with van der Waals surface area (Å²) in [7, 11) is 0. The van der Waals surface area contributed by atoms with E-state index < -0.39 is 0 Å². The SMILES string of the molecule is CC(C)(C)c1nc(Cl)c(C=O)c(Cl)n1. The fourth-order valence-electron chi connectivity index (χ4n) is 0.849. The predicted molar refractivity (Wildman–Crippen MR) is 56.1 cm³/mol. The van der Waals surface area contributed by atoms with Crippen LogP contribution >= 0.6 is 23.2 Å². The van der Waals surface area contributed by atoms with Gasteiger partial charge in [-0.1, -0.05) is 44.0 Å². The Hall–Kier alpha value is -0.670. The van der Waals surface area contributed by atoms with E-state index in [0.29, 0.717) is 12.1 Å².